The van der Waals surface area contributed by atoms with Gasteiger partial charge in [-0.3, -0.25) is 14.7 Å². The quantitative estimate of drug-likeness (QED) is 0.893. The fourth-order valence-corrected chi connectivity index (χ4v) is 3.13. The highest BCUT2D eigenvalue weighted by molar-refractivity contribution is 7.92. The number of nitrogens with zero attached hydrogens (tertiary/aromatic N) is 2. The van der Waals surface area contributed by atoms with E-state index in [2.05, 4.69) is 32.0 Å². The van der Waals surface area contributed by atoms with Gasteiger partial charge in [0.2, 0.25) is 10.0 Å². The van der Waals surface area contributed by atoms with Gasteiger partial charge in [-0.25, -0.2) is 8.42 Å². The highest BCUT2D eigenvalue weighted by Crippen LogP contribution is 2.25. The average Bonchev–Trinajstić information content (AvgIpc) is 2.80. The summed E-state index contributed by atoms with van der Waals surface area (Å²) in [5.74, 6) is 0.437. The summed E-state index contributed by atoms with van der Waals surface area (Å²) in [6.45, 7) is 2.52. The summed E-state index contributed by atoms with van der Waals surface area (Å²) in [7, 11) is -3.29. The minimum absolute atomic E-state index is 0.437. The van der Waals surface area contributed by atoms with Crippen molar-refractivity contribution in [2.24, 2.45) is 0 Å². The van der Waals surface area contributed by atoms with Gasteiger partial charge in [-0.05, 0) is 12.0 Å². The zero-order valence-corrected chi connectivity index (χ0v) is 12.7. The fourth-order valence-electron chi connectivity index (χ4n) is 2.61. The van der Waals surface area contributed by atoms with Gasteiger partial charge in [0.1, 0.15) is 0 Å². The Kier molecular flexibility index (Phi) is 3.69. The Morgan fingerprint density at radius 3 is 2.81 bits per heavy atom. The summed E-state index contributed by atoms with van der Waals surface area (Å²) in [6, 6.07) is 10.3. The maximum atomic E-state index is 11.3. The SMILES string of the molecule is CS(=O)(=O)Nc1n[nH]c2c1CCN(Cc1ccccc1)C2. The molecule has 21 heavy (non-hydrogen) atoms. The number of hydrogen-bond donors (Lipinski definition) is 2. The molecular formula is C14H18N4O2S. The minimum Gasteiger partial charge on any atom is -0.293 e. The van der Waals surface area contributed by atoms with Crippen molar-refractivity contribution in [3.05, 3.63) is 47.2 Å². The Morgan fingerprint density at radius 2 is 2.10 bits per heavy atom. The van der Waals surface area contributed by atoms with E-state index >= 15 is 0 Å². The van der Waals surface area contributed by atoms with Gasteiger partial charge in [0.05, 0.1) is 11.9 Å². The summed E-state index contributed by atoms with van der Waals surface area (Å²) in [5, 5.41) is 7.03. The number of aromatic amines is 1. The van der Waals surface area contributed by atoms with E-state index in [1.807, 2.05) is 18.2 Å². The van der Waals surface area contributed by atoms with Crippen LogP contribution >= 0.6 is 0 Å². The molecule has 2 N–H and O–H groups in total. The minimum atomic E-state index is -3.29. The first kappa shape index (κ1) is 14.1. The van der Waals surface area contributed by atoms with Crippen LogP contribution in [-0.4, -0.2) is 36.3 Å². The molecule has 0 aliphatic carbocycles. The third kappa shape index (κ3) is 3.43. The maximum absolute atomic E-state index is 11.3. The predicted molar refractivity (Wildman–Crippen MR) is 81.3 cm³/mol. The topological polar surface area (TPSA) is 78.1 Å². The van der Waals surface area contributed by atoms with E-state index in [1.165, 1.54) is 5.56 Å². The van der Waals surface area contributed by atoms with Gasteiger partial charge in [-0.1, -0.05) is 30.3 Å². The van der Waals surface area contributed by atoms with Crippen LogP contribution in [0.2, 0.25) is 0 Å². The summed E-state index contributed by atoms with van der Waals surface area (Å²) >= 11 is 0. The Balaban J connectivity index is 1.72. The van der Waals surface area contributed by atoms with Crippen LogP contribution in [0, 0.1) is 0 Å². The fraction of sp³-hybridized carbons (Fsp3) is 0.357. The van der Waals surface area contributed by atoms with Crippen LogP contribution in [0.15, 0.2) is 30.3 Å². The first-order valence-corrected chi connectivity index (χ1v) is 8.70. The van der Waals surface area contributed by atoms with E-state index in [0.717, 1.165) is 43.6 Å². The third-order valence-corrected chi connectivity index (χ3v) is 4.11. The van der Waals surface area contributed by atoms with Gasteiger partial charge in [0.15, 0.2) is 5.82 Å². The second-order valence-electron chi connectivity index (χ2n) is 5.35. The number of hydrogen-bond acceptors (Lipinski definition) is 4. The first-order chi connectivity index (χ1) is 10.0. The molecule has 0 atom stereocenters. The van der Waals surface area contributed by atoms with E-state index in [4.69, 9.17) is 0 Å². The summed E-state index contributed by atoms with van der Waals surface area (Å²) in [5.41, 5.74) is 3.24. The van der Waals surface area contributed by atoms with Crippen LogP contribution in [0.25, 0.3) is 0 Å². The lowest BCUT2D eigenvalue weighted by Gasteiger charge is -2.26. The van der Waals surface area contributed by atoms with Gasteiger partial charge in [0, 0.05) is 25.2 Å². The molecule has 3 rings (SSSR count). The molecule has 1 aliphatic rings. The molecule has 1 aromatic carbocycles. The molecule has 0 saturated carbocycles. The molecule has 6 nitrogen and oxygen atoms in total. The van der Waals surface area contributed by atoms with Crippen LogP contribution in [0.1, 0.15) is 16.8 Å². The molecule has 0 amide bonds. The molecular weight excluding hydrogens is 288 g/mol. The molecule has 0 bridgehead atoms. The van der Waals surface area contributed by atoms with Crippen LogP contribution in [-0.2, 0) is 29.5 Å². The van der Waals surface area contributed by atoms with E-state index in [-0.39, 0.29) is 0 Å². The number of benzene rings is 1. The number of rotatable bonds is 4. The molecule has 0 saturated heterocycles. The molecule has 1 aromatic heterocycles. The van der Waals surface area contributed by atoms with Crippen LogP contribution in [0.5, 0.6) is 0 Å². The molecule has 0 spiro atoms. The van der Waals surface area contributed by atoms with Crippen LogP contribution < -0.4 is 4.72 Å². The molecule has 0 fully saturated rings. The van der Waals surface area contributed by atoms with E-state index in [1.54, 1.807) is 0 Å². The number of sulfonamides is 1. The molecule has 0 unspecified atom stereocenters. The Morgan fingerprint density at radius 1 is 1.33 bits per heavy atom. The van der Waals surface area contributed by atoms with Gasteiger partial charge in [0.25, 0.3) is 0 Å². The van der Waals surface area contributed by atoms with Crippen LogP contribution in [0.3, 0.4) is 0 Å². The summed E-state index contributed by atoms with van der Waals surface area (Å²) in [4.78, 5) is 2.32. The van der Waals surface area contributed by atoms with Crippen molar-refractivity contribution in [3.63, 3.8) is 0 Å². The first-order valence-electron chi connectivity index (χ1n) is 6.81. The standard InChI is InChI=1S/C14H18N4O2S/c1-21(19,20)17-14-12-7-8-18(10-13(12)15-16-14)9-11-5-3-2-4-6-11/h2-6H,7-10H2,1H3,(H2,15,16,17). The molecule has 1 aliphatic heterocycles. The van der Waals surface area contributed by atoms with E-state index in [9.17, 15) is 8.42 Å². The second-order valence-corrected chi connectivity index (χ2v) is 7.10. The Labute approximate surface area is 124 Å². The molecule has 0 radical (unpaired) electrons. The van der Waals surface area contributed by atoms with Crippen molar-refractivity contribution in [2.75, 3.05) is 17.5 Å². The Bertz CT molecular complexity index is 725. The number of nitrogens with one attached hydrogen (secondary N) is 2. The average molecular weight is 306 g/mol. The normalized spacial score (nSPS) is 15.7. The number of aromatic nitrogens is 2. The van der Waals surface area contributed by atoms with Crippen molar-refractivity contribution in [1.82, 2.24) is 15.1 Å². The van der Waals surface area contributed by atoms with Gasteiger partial charge in [-0.15, -0.1) is 0 Å². The number of anilines is 1. The lowest BCUT2D eigenvalue weighted by molar-refractivity contribution is 0.242. The summed E-state index contributed by atoms with van der Waals surface area (Å²) < 4.78 is 25.1. The van der Waals surface area contributed by atoms with Crippen molar-refractivity contribution in [2.45, 2.75) is 19.5 Å². The summed E-state index contributed by atoms with van der Waals surface area (Å²) in [6.07, 6.45) is 1.93. The highest BCUT2D eigenvalue weighted by atomic mass is 32.2. The lowest BCUT2D eigenvalue weighted by Crippen LogP contribution is -2.30. The van der Waals surface area contributed by atoms with E-state index in [0.29, 0.717) is 5.82 Å². The van der Waals surface area contributed by atoms with Crippen LogP contribution in [0.4, 0.5) is 5.82 Å². The highest BCUT2D eigenvalue weighted by Gasteiger charge is 2.23. The second kappa shape index (κ2) is 5.50. The molecule has 2 heterocycles. The zero-order valence-electron chi connectivity index (χ0n) is 11.8. The van der Waals surface area contributed by atoms with E-state index < -0.39 is 10.0 Å². The van der Waals surface area contributed by atoms with Gasteiger partial charge < -0.3 is 0 Å². The van der Waals surface area contributed by atoms with Gasteiger partial charge in [-0.2, -0.15) is 5.10 Å². The zero-order chi connectivity index (χ0) is 14.9. The predicted octanol–water partition coefficient (Wildman–Crippen LogP) is 1.34. The molecule has 2 aromatic rings. The third-order valence-electron chi connectivity index (χ3n) is 3.54. The number of fused-ring (bicyclic) bond motifs is 1. The molecule has 7 heteroatoms. The largest absolute Gasteiger partial charge is 0.293 e. The molecule has 112 valence electrons. The van der Waals surface area contributed by atoms with Crippen molar-refractivity contribution >= 4 is 15.8 Å². The van der Waals surface area contributed by atoms with Gasteiger partial charge >= 0.3 is 0 Å². The lowest BCUT2D eigenvalue weighted by atomic mass is 10.1. The Hall–Kier alpha value is -1.86. The smallest absolute Gasteiger partial charge is 0.231 e. The maximum Gasteiger partial charge on any atom is 0.231 e. The van der Waals surface area contributed by atoms with Crippen molar-refractivity contribution in [3.8, 4) is 0 Å². The number of H-pyrrole nitrogens is 1. The van der Waals surface area contributed by atoms with Crippen molar-refractivity contribution in [1.29, 1.82) is 0 Å². The van der Waals surface area contributed by atoms with Crippen molar-refractivity contribution < 1.29 is 8.42 Å². The monoisotopic (exact) mass is 306 g/mol.